The van der Waals surface area contributed by atoms with E-state index < -0.39 is 12.1 Å². The third kappa shape index (κ3) is 5.40. The molecule has 0 amide bonds. The SMILES string of the molecule is CCOC(Cc1ccc(OCc2nc3ccc(OC)cc3n2C)cc1)C(=O)O.Cl. The third-order valence-corrected chi connectivity index (χ3v) is 4.54. The molecule has 0 aliphatic carbocycles. The molecule has 0 radical (unpaired) electrons. The van der Waals surface area contributed by atoms with Crippen molar-refractivity contribution in [1.29, 1.82) is 0 Å². The average Bonchev–Trinajstić information content (AvgIpc) is 3.02. The van der Waals surface area contributed by atoms with Gasteiger partial charge in [-0.05, 0) is 36.8 Å². The Morgan fingerprint density at radius 2 is 1.86 bits per heavy atom. The molecule has 3 rings (SSSR count). The number of nitrogens with zero attached hydrogens (tertiary/aromatic N) is 2. The zero-order valence-corrected chi connectivity index (χ0v) is 17.4. The summed E-state index contributed by atoms with van der Waals surface area (Å²) in [5.74, 6) is 1.32. The van der Waals surface area contributed by atoms with Crippen LogP contribution in [0.2, 0.25) is 0 Å². The lowest BCUT2D eigenvalue weighted by Crippen LogP contribution is -2.26. The van der Waals surface area contributed by atoms with Gasteiger partial charge in [0, 0.05) is 26.1 Å². The van der Waals surface area contributed by atoms with E-state index in [1.807, 2.05) is 54.1 Å². The van der Waals surface area contributed by atoms with Crippen LogP contribution in [0.5, 0.6) is 11.5 Å². The van der Waals surface area contributed by atoms with Crippen molar-refractivity contribution < 1.29 is 24.1 Å². The van der Waals surface area contributed by atoms with Crippen molar-refractivity contribution in [3.05, 3.63) is 53.9 Å². The van der Waals surface area contributed by atoms with Crippen molar-refractivity contribution in [3.63, 3.8) is 0 Å². The lowest BCUT2D eigenvalue weighted by molar-refractivity contribution is -0.149. The number of hydrogen-bond acceptors (Lipinski definition) is 5. The number of ether oxygens (including phenoxy) is 3. The Morgan fingerprint density at radius 3 is 2.48 bits per heavy atom. The first kappa shape index (κ1) is 22.5. The second-order valence-electron chi connectivity index (χ2n) is 6.36. The Hall–Kier alpha value is -2.77. The Morgan fingerprint density at radius 1 is 1.17 bits per heavy atom. The van der Waals surface area contributed by atoms with Gasteiger partial charge in [-0.3, -0.25) is 0 Å². The molecule has 0 spiro atoms. The zero-order chi connectivity index (χ0) is 20.1. The molecule has 0 saturated carbocycles. The molecule has 0 saturated heterocycles. The first-order valence-corrected chi connectivity index (χ1v) is 9.07. The maximum atomic E-state index is 11.2. The van der Waals surface area contributed by atoms with Crippen LogP contribution in [-0.2, 0) is 29.6 Å². The van der Waals surface area contributed by atoms with Crippen LogP contribution in [0, 0.1) is 0 Å². The van der Waals surface area contributed by atoms with Gasteiger partial charge in [0.05, 0.1) is 18.1 Å². The first-order valence-electron chi connectivity index (χ1n) is 9.07. The maximum absolute atomic E-state index is 11.2. The van der Waals surface area contributed by atoms with Gasteiger partial charge < -0.3 is 23.9 Å². The van der Waals surface area contributed by atoms with E-state index in [1.165, 1.54) is 0 Å². The van der Waals surface area contributed by atoms with Gasteiger partial charge in [0.1, 0.15) is 23.9 Å². The monoisotopic (exact) mass is 420 g/mol. The molecule has 1 heterocycles. The van der Waals surface area contributed by atoms with Crippen LogP contribution in [0.3, 0.4) is 0 Å². The standard InChI is InChI=1S/C21H24N2O5.ClH/c1-4-27-19(21(24)25)11-14-5-7-15(8-6-14)28-13-20-22-17-10-9-16(26-3)12-18(17)23(20)2;/h5-10,12,19H,4,11,13H2,1-3H3,(H,24,25);1H. The van der Waals surface area contributed by atoms with E-state index in [2.05, 4.69) is 4.98 Å². The molecule has 8 heteroatoms. The van der Waals surface area contributed by atoms with E-state index in [1.54, 1.807) is 14.0 Å². The summed E-state index contributed by atoms with van der Waals surface area (Å²) in [6, 6.07) is 13.1. The lowest BCUT2D eigenvalue weighted by atomic mass is 10.1. The molecule has 0 aliphatic rings. The van der Waals surface area contributed by atoms with E-state index in [-0.39, 0.29) is 12.4 Å². The lowest BCUT2D eigenvalue weighted by Gasteiger charge is -2.13. The molecule has 1 N–H and O–H groups in total. The van der Waals surface area contributed by atoms with E-state index >= 15 is 0 Å². The second kappa shape index (κ2) is 10.1. The topological polar surface area (TPSA) is 82.8 Å². The molecule has 0 aliphatic heterocycles. The third-order valence-electron chi connectivity index (χ3n) is 4.54. The van der Waals surface area contributed by atoms with Crippen molar-refractivity contribution in [2.24, 2.45) is 7.05 Å². The number of carboxylic acids is 1. The smallest absolute Gasteiger partial charge is 0.333 e. The highest BCUT2D eigenvalue weighted by Crippen LogP contribution is 2.22. The molecule has 2 aromatic carbocycles. The fourth-order valence-electron chi connectivity index (χ4n) is 2.98. The van der Waals surface area contributed by atoms with Gasteiger partial charge in [-0.2, -0.15) is 0 Å². The largest absolute Gasteiger partial charge is 0.497 e. The van der Waals surface area contributed by atoms with Crippen LogP contribution in [0.15, 0.2) is 42.5 Å². The predicted molar refractivity (Wildman–Crippen MR) is 112 cm³/mol. The molecule has 1 unspecified atom stereocenters. The van der Waals surface area contributed by atoms with Crippen molar-refractivity contribution in [2.75, 3.05) is 13.7 Å². The predicted octanol–water partition coefficient (Wildman–Crippen LogP) is 3.61. The average molecular weight is 421 g/mol. The summed E-state index contributed by atoms with van der Waals surface area (Å²) in [7, 11) is 3.58. The first-order chi connectivity index (χ1) is 13.5. The molecule has 0 bridgehead atoms. The fraction of sp³-hybridized carbons (Fsp3) is 0.333. The number of benzene rings is 2. The summed E-state index contributed by atoms with van der Waals surface area (Å²) in [6.45, 7) is 2.47. The Bertz CT molecular complexity index is 956. The van der Waals surface area contributed by atoms with Crippen molar-refractivity contribution in [2.45, 2.75) is 26.1 Å². The molecule has 156 valence electrons. The van der Waals surface area contributed by atoms with E-state index in [0.29, 0.717) is 25.4 Å². The van der Waals surface area contributed by atoms with Gasteiger partial charge in [0.15, 0.2) is 6.10 Å². The number of methoxy groups -OCH3 is 1. The quantitative estimate of drug-likeness (QED) is 0.569. The van der Waals surface area contributed by atoms with Crippen LogP contribution in [0.25, 0.3) is 11.0 Å². The Balaban J connectivity index is 0.00000300. The van der Waals surface area contributed by atoms with Gasteiger partial charge in [0.25, 0.3) is 0 Å². The van der Waals surface area contributed by atoms with Crippen LogP contribution < -0.4 is 9.47 Å². The van der Waals surface area contributed by atoms with Gasteiger partial charge in [-0.15, -0.1) is 12.4 Å². The number of aryl methyl sites for hydroxylation is 1. The molecular formula is C21H25ClN2O5. The highest BCUT2D eigenvalue weighted by atomic mass is 35.5. The Labute approximate surface area is 175 Å². The van der Waals surface area contributed by atoms with Crippen LogP contribution in [-0.4, -0.2) is 40.4 Å². The number of halogens is 1. The summed E-state index contributed by atoms with van der Waals surface area (Å²) in [4.78, 5) is 15.8. The van der Waals surface area contributed by atoms with Gasteiger partial charge in [-0.1, -0.05) is 12.1 Å². The molecule has 1 aromatic heterocycles. The molecular weight excluding hydrogens is 396 g/mol. The molecule has 1 atom stereocenters. The summed E-state index contributed by atoms with van der Waals surface area (Å²) in [5.41, 5.74) is 2.74. The normalized spacial score (nSPS) is 11.7. The summed E-state index contributed by atoms with van der Waals surface area (Å²) in [5, 5.41) is 9.18. The van der Waals surface area contributed by atoms with Crippen molar-refractivity contribution in [3.8, 4) is 11.5 Å². The minimum atomic E-state index is -0.958. The summed E-state index contributed by atoms with van der Waals surface area (Å²) in [6.07, 6.45) is -0.524. The molecule has 3 aromatic rings. The van der Waals surface area contributed by atoms with E-state index in [9.17, 15) is 9.90 Å². The molecule has 7 nitrogen and oxygen atoms in total. The number of hydrogen-bond donors (Lipinski definition) is 1. The maximum Gasteiger partial charge on any atom is 0.333 e. The number of imidazole rings is 1. The number of rotatable bonds is 9. The molecule has 0 fully saturated rings. The van der Waals surface area contributed by atoms with Gasteiger partial charge in [0.2, 0.25) is 0 Å². The number of aliphatic carboxylic acids is 1. The van der Waals surface area contributed by atoms with E-state index in [4.69, 9.17) is 14.2 Å². The number of aromatic nitrogens is 2. The highest BCUT2D eigenvalue weighted by Gasteiger charge is 2.18. The minimum absolute atomic E-state index is 0. The zero-order valence-electron chi connectivity index (χ0n) is 16.6. The van der Waals surface area contributed by atoms with Gasteiger partial charge >= 0.3 is 5.97 Å². The van der Waals surface area contributed by atoms with Gasteiger partial charge in [-0.25, -0.2) is 9.78 Å². The fourth-order valence-corrected chi connectivity index (χ4v) is 2.98. The van der Waals surface area contributed by atoms with Crippen LogP contribution in [0.1, 0.15) is 18.3 Å². The van der Waals surface area contributed by atoms with Crippen LogP contribution >= 0.6 is 12.4 Å². The second-order valence-corrected chi connectivity index (χ2v) is 6.36. The number of carbonyl (C=O) groups is 1. The summed E-state index contributed by atoms with van der Waals surface area (Å²) < 4.78 is 18.3. The van der Waals surface area contributed by atoms with Crippen molar-refractivity contribution in [1.82, 2.24) is 9.55 Å². The van der Waals surface area contributed by atoms with E-state index in [0.717, 1.165) is 28.2 Å². The minimum Gasteiger partial charge on any atom is -0.497 e. The number of carboxylic acid groups (broad SMARTS) is 1. The van der Waals surface area contributed by atoms with Crippen molar-refractivity contribution >= 4 is 29.4 Å². The van der Waals surface area contributed by atoms with Crippen LogP contribution in [0.4, 0.5) is 0 Å². The molecule has 29 heavy (non-hydrogen) atoms. The number of fused-ring (bicyclic) bond motifs is 1. The highest BCUT2D eigenvalue weighted by molar-refractivity contribution is 5.85. The summed E-state index contributed by atoms with van der Waals surface area (Å²) >= 11 is 0. The Kier molecular flexibility index (Phi) is 7.87.